The van der Waals surface area contributed by atoms with Crippen LogP contribution in [-0.4, -0.2) is 58.8 Å². The molecule has 0 aliphatic carbocycles. The van der Waals surface area contributed by atoms with Gasteiger partial charge >= 0.3 is 5.97 Å². The number of aliphatic hydroxyl groups is 1. The van der Waals surface area contributed by atoms with E-state index in [-0.39, 0.29) is 19.0 Å². The molecule has 4 rings (SSSR count). The first-order valence-corrected chi connectivity index (χ1v) is 11.5. The van der Waals surface area contributed by atoms with Gasteiger partial charge in [-0.3, -0.25) is 0 Å². The number of rotatable bonds is 8. The molecule has 194 valence electrons. The Labute approximate surface area is 212 Å². The van der Waals surface area contributed by atoms with Crippen molar-refractivity contribution < 1.29 is 28.6 Å². The number of fused-ring (bicyclic) bond motifs is 1. The average Bonchev–Trinajstić information content (AvgIpc) is 2.89. The number of nitrogens with one attached hydrogen (secondary N) is 1. The predicted octanol–water partition coefficient (Wildman–Crippen LogP) is 2.07. The van der Waals surface area contributed by atoms with Crippen molar-refractivity contribution in [3.8, 4) is 17.1 Å². The van der Waals surface area contributed by atoms with Crippen LogP contribution in [0.3, 0.4) is 0 Å². The van der Waals surface area contributed by atoms with Gasteiger partial charge in [-0.15, -0.1) is 0 Å². The Hall–Kier alpha value is -4.32. The second-order valence-electron chi connectivity index (χ2n) is 8.29. The van der Waals surface area contributed by atoms with E-state index in [1.54, 1.807) is 31.2 Å². The summed E-state index contributed by atoms with van der Waals surface area (Å²) in [6, 6.07) is 9.32. The molecular formula is C25H27FN6O5. The van der Waals surface area contributed by atoms with Crippen molar-refractivity contribution in [2.45, 2.75) is 31.9 Å². The summed E-state index contributed by atoms with van der Waals surface area (Å²) in [7, 11) is 2.70. The van der Waals surface area contributed by atoms with E-state index in [1.807, 2.05) is 0 Å². The van der Waals surface area contributed by atoms with E-state index in [4.69, 9.17) is 15.3 Å². The molecule has 2 aromatic heterocycles. The maximum atomic E-state index is 14.3. The fourth-order valence-corrected chi connectivity index (χ4v) is 4.11. The number of anilines is 1. The summed E-state index contributed by atoms with van der Waals surface area (Å²) in [4.78, 5) is 30.0. The van der Waals surface area contributed by atoms with Gasteiger partial charge in [-0.1, -0.05) is 17.3 Å². The van der Waals surface area contributed by atoms with Gasteiger partial charge in [0.15, 0.2) is 11.9 Å². The Bertz CT molecular complexity index is 1330. The van der Waals surface area contributed by atoms with Gasteiger partial charge in [0, 0.05) is 24.5 Å². The Morgan fingerprint density at radius 2 is 2.08 bits per heavy atom. The van der Waals surface area contributed by atoms with Crippen LogP contribution in [0.25, 0.3) is 11.3 Å². The number of nitrogens with zero attached hydrogens (tertiary/aromatic N) is 4. The van der Waals surface area contributed by atoms with Gasteiger partial charge in [0.05, 0.1) is 42.9 Å². The molecule has 0 bridgehead atoms. The highest BCUT2D eigenvalue weighted by molar-refractivity contribution is 6.01. The second-order valence-corrected chi connectivity index (χ2v) is 8.29. The molecule has 0 unspecified atom stereocenters. The monoisotopic (exact) mass is 510 g/mol. The molecule has 1 aliphatic heterocycles. The van der Waals surface area contributed by atoms with Crippen LogP contribution in [-0.2, 0) is 20.8 Å². The summed E-state index contributed by atoms with van der Waals surface area (Å²) in [5, 5.41) is 17.3. The van der Waals surface area contributed by atoms with Gasteiger partial charge in [0.25, 0.3) is 0 Å². The van der Waals surface area contributed by atoms with Crippen molar-refractivity contribution >= 4 is 17.8 Å². The minimum atomic E-state index is -1.33. The third kappa shape index (κ3) is 5.75. The summed E-state index contributed by atoms with van der Waals surface area (Å²) >= 11 is 0. The van der Waals surface area contributed by atoms with Gasteiger partial charge in [0.1, 0.15) is 12.4 Å². The van der Waals surface area contributed by atoms with E-state index in [1.165, 1.54) is 26.4 Å². The quantitative estimate of drug-likeness (QED) is 0.233. The van der Waals surface area contributed by atoms with Crippen molar-refractivity contribution in [2.75, 3.05) is 26.6 Å². The number of esters is 1. The number of aliphatic hydroxyl groups excluding tert-OH is 1. The van der Waals surface area contributed by atoms with Crippen molar-refractivity contribution in [2.24, 2.45) is 5.16 Å². The minimum Gasteiger partial charge on any atom is -0.481 e. The van der Waals surface area contributed by atoms with Crippen LogP contribution in [0.2, 0.25) is 0 Å². The van der Waals surface area contributed by atoms with Crippen LogP contribution >= 0.6 is 0 Å². The second kappa shape index (κ2) is 11.2. The lowest BCUT2D eigenvalue weighted by atomic mass is 9.90. The predicted molar refractivity (Wildman–Crippen MR) is 132 cm³/mol. The summed E-state index contributed by atoms with van der Waals surface area (Å²) in [6.07, 6.45) is -0.932. The van der Waals surface area contributed by atoms with Crippen molar-refractivity contribution in [1.29, 1.82) is 0 Å². The number of methoxy groups -OCH3 is 2. The summed E-state index contributed by atoms with van der Waals surface area (Å²) in [5.41, 5.74) is 9.63. The number of benzene rings is 1. The lowest BCUT2D eigenvalue weighted by Crippen LogP contribution is -2.38. The summed E-state index contributed by atoms with van der Waals surface area (Å²) in [6.45, 7) is 1.73. The van der Waals surface area contributed by atoms with Gasteiger partial charge < -0.3 is 30.5 Å². The highest BCUT2D eigenvalue weighted by atomic mass is 19.1. The van der Waals surface area contributed by atoms with Crippen LogP contribution in [0.5, 0.6) is 5.88 Å². The number of aryl methyl sites for hydroxylation is 1. The van der Waals surface area contributed by atoms with Gasteiger partial charge in [-0.05, 0) is 30.7 Å². The van der Waals surface area contributed by atoms with Crippen LogP contribution in [0.4, 0.5) is 10.3 Å². The fraction of sp³-hybridized carbons (Fsp3) is 0.320. The molecule has 0 amide bonds. The van der Waals surface area contributed by atoms with E-state index in [9.17, 15) is 14.3 Å². The Morgan fingerprint density at radius 1 is 1.27 bits per heavy atom. The molecule has 0 fully saturated rings. The number of nitrogen functional groups attached to an aromatic ring is 1. The Morgan fingerprint density at radius 3 is 2.84 bits per heavy atom. The maximum absolute atomic E-state index is 14.3. The Kier molecular flexibility index (Phi) is 7.77. The maximum Gasteiger partial charge on any atom is 0.334 e. The lowest BCUT2D eigenvalue weighted by Gasteiger charge is -2.29. The number of carbonyl (C=O) groups is 1. The van der Waals surface area contributed by atoms with E-state index in [0.717, 1.165) is 5.56 Å². The zero-order valence-electron chi connectivity index (χ0n) is 20.6. The molecule has 2 atom stereocenters. The molecule has 12 heteroatoms. The first kappa shape index (κ1) is 25.8. The van der Waals surface area contributed by atoms with Crippen molar-refractivity contribution in [1.82, 2.24) is 20.3 Å². The number of pyridine rings is 1. The molecule has 1 aromatic carbocycles. The normalized spacial score (nSPS) is 16.5. The largest absolute Gasteiger partial charge is 0.481 e. The molecule has 11 nitrogen and oxygen atoms in total. The smallest absolute Gasteiger partial charge is 0.334 e. The first-order valence-electron chi connectivity index (χ1n) is 11.5. The number of nitrogens with two attached hydrogens (primary N) is 1. The number of halogens is 1. The molecule has 37 heavy (non-hydrogen) atoms. The van der Waals surface area contributed by atoms with Crippen molar-refractivity contribution in [3.63, 3.8) is 0 Å². The molecule has 0 radical (unpaired) electrons. The number of carbonyl (C=O) groups excluding carboxylic acids is 1. The highest BCUT2D eigenvalue weighted by Gasteiger charge is 2.30. The van der Waals surface area contributed by atoms with Crippen molar-refractivity contribution in [3.05, 3.63) is 64.7 Å². The average molecular weight is 511 g/mol. The third-order valence-corrected chi connectivity index (χ3v) is 5.84. The van der Waals surface area contributed by atoms with E-state index in [2.05, 4.69) is 30.2 Å². The van der Waals surface area contributed by atoms with Gasteiger partial charge in [-0.25, -0.2) is 24.1 Å². The zero-order valence-corrected chi connectivity index (χ0v) is 20.6. The van der Waals surface area contributed by atoms with Gasteiger partial charge in [-0.2, -0.15) is 0 Å². The number of ether oxygens (including phenoxy) is 2. The standard InChI is InChI=1S/C25H27FN6O5/c1-13-22-19(31-25(27)28-13)12-18(30-23(22)32-37-10-9-20(33)24(34)36-3)15-8-7-14(26)11-16(15)17-5-4-6-21(29-17)35-2/h4-8,11,18,20,33H,9-10,12H2,1-3H3,(H,30,32)(H2,27,28,31)/t18-,20+/m1/s1. The Balaban J connectivity index is 1.69. The molecule has 3 heterocycles. The third-order valence-electron chi connectivity index (χ3n) is 5.84. The SMILES string of the molecule is COC(=O)[C@@H](O)CCO/N=C1\N[C@@H](c2ccc(F)cc2-c2cccc(OC)n2)Cc2nc(N)nc(C)c21. The lowest BCUT2D eigenvalue weighted by molar-refractivity contribution is -0.151. The van der Waals surface area contributed by atoms with Crippen LogP contribution in [0.15, 0.2) is 41.6 Å². The van der Waals surface area contributed by atoms with Crippen LogP contribution < -0.4 is 15.8 Å². The minimum absolute atomic E-state index is 0.0133. The van der Waals surface area contributed by atoms with Crippen LogP contribution in [0, 0.1) is 12.7 Å². The molecule has 1 aliphatic rings. The number of hydrogen-bond acceptors (Lipinski definition) is 10. The molecule has 0 saturated heterocycles. The molecule has 0 spiro atoms. The summed E-state index contributed by atoms with van der Waals surface area (Å²) in [5.74, 6) is -0.316. The van der Waals surface area contributed by atoms with E-state index >= 15 is 0 Å². The molecule has 0 saturated carbocycles. The van der Waals surface area contributed by atoms with E-state index < -0.39 is 23.9 Å². The van der Waals surface area contributed by atoms with Gasteiger partial charge in [0.2, 0.25) is 11.8 Å². The molecule has 4 N–H and O–H groups in total. The first-order chi connectivity index (χ1) is 17.8. The van der Waals surface area contributed by atoms with Crippen LogP contribution in [0.1, 0.15) is 35.0 Å². The number of amidine groups is 1. The van der Waals surface area contributed by atoms with E-state index in [0.29, 0.717) is 46.3 Å². The number of hydrogen-bond donors (Lipinski definition) is 3. The molecular weight excluding hydrogens is 483 g/mol. The highest BCUT2D eigenvalue weighted by Crippen LogP contribution is 2.34. The molecule has 3 aromatic rings. The fourth-order valence-electron chi connectivity index (χ4n) is 4.11. The topological polar surface area (TPSA) is 154 Å². The zero-order chi connectivity index (χ0) is 26.5. The number of aromatic nitrogens is 3. The number of oxime groups is 1. The summed E-state index contributed by atoms with van der Waals surface area (Å²) < 4.78 is 24.1.